The monoisotopic (exact) mass is 453 g/mol. The van der Waals surface area contributed by atoms with Crippen molar-refractivity contribution >= 4 is 5.82 Å². The number of methoxy groups -OCH3 is 1. The van der Waals surface area contributed by atoms with Crippen LogP contribution in [-0.2, 0) is 0 Å². The van der Waals surface area contributed by atoms with Gasteiger partial charge in [-0.3, -0.25) is 14.3 Å². The summed E-state index contributed by atoms with van der Waals surface area (Å²) >= 11 is 0. The van der Waals surface area contributed by atoms with Crippen LogP contribution in [0.1, 0.15) is 25.7 Å². The molecule has 0 aliphatic heterocycles. The number of hydrogen-bond acceptors (Lipinski definition) is 7. The molecule has 1 aliphatic carbocycles. The maximum absolute atomic E-state index is 12.2. The molecule has 8 nitrogen and oxygen atoms in total. The van der Waals surface area contributed by atoms with Gasteiger partial charge in [-0.2, -0.15) is 8.78 Å². The van der Waals surface area contributed by atoms with Crippen molar-refractivity contribution in [1.82, 2.24) is 19.5 Å². The molecule has 4 rings (SSSR count). The van der Waals surface area contributed by atoms with Crippen molar-refractivity contribution < 1.29 is 47.8 Å². The minimum absolute atomic E-state index is 0. The number of anilines is 1. The quantitative estimate of drug-likeness (QED) is 0.429. The smallest absolute Gasteiger partial charge is 0.491 e. The maximum Gasteiger partial charge on any atom is 1.00 e. The molecule has 0 amide bonds. The van der Waals surface area contributed by atoms with Crippen LogP contribution in [0.3, 0.4) is 0 Å². The van der Waals surface area contributed by atoms with E-state index in [2.05, 4.69) is 31.2 Å². The van der Waals surface area contributed by atoms with E-state index < -0.39 is 6.61 Å². The number of alkyl halides is 2. The number of halogens is 2. The minimum atomic E-state index is -2.85. The third-order valence-electron chi connectivity index (χ3n) is 4.57. The van der Waals surface area contributed by atoms with Gasteiger partial charge in [-0.25, -0.2) is 4.98 Å². The van der Waals surface area contributed by atoms with Crippen LogP contribution in [0.25, 0.3) is 5.69 Å². The zero-order chi connectivity index (χ0) is 22.1. The first-order chi connectivity index (χ1) is 15.1. The van der Waals surface area contributed by atoms with E-state index in [-0.39, 0.29) is 41.0 Å². The summed E-state index contributed by atoms with van der Waals surface area (Å²) in [5, 5.41) is 3.43. The second-order valence-electron chi connectivity index (χ2n) is 6.64. The van der Waals surface area contributed by atoms with Crippen LogP contribution in [0.2, 0.25) is 0 Å². The molecule has 0 bridgehead atoms. The van der Waals surface area contributed by atoms with Crippen LogP contribution in [-0.4, -0.2) is 39.3 Å². The van der Waals surface area contributed by atoms with Gasteiger partial charge in [0, 0.05) is 12.2 Å². The number of aromatic nitrogens is 4. The Kier molecular flexibility index (Phi) is 10.5. The van der Waals surface area contributed by atoms with Gasteiger partial charge in [-0.15, -0.1) is 6.20 Å². The van der Waals surface area contributed by atoms with Crippen LogP contribution in [0.4, 0.5) is 14.6 Å². The fraction of sp³-hybridized carbons (Fsp3) is 0.333. The summed E-state index contributed by atoms with van der Waals surface area (Å²) in [5.74, 6) is 0.987. The van der Waals surface area contributed by atoms with E-state index in [4.69, 9.17) is 4.74 Å². The van der Waals surface area contributed by atoms with Crippen LogP contribution in [0.15, 0.2) is 53.8 Å². The zero-order valence-electron chi connectivity index (χ0n) is 17.9. The Labute approximate surface area is 206 Å². The van der Waals surface area contributed by atoms with Crippen LogP contribution in [0, 0.1) is 6.20 Å². The summed E-state index contributed by atoms with van der Waals surface area (Å²) in [6, 6.07) is 7.78. The van der Waals surface area contributed by atoms with Crippen molar-refractivity contribution in [2.75, 3.05) is 12.4 Å². The summed E-state index contributed by atoms with van der Waals surface area (Å²) < 4.78 is 33.3. The molecule has 1 fully saturated rings. The van der Waals surface area contributed by atoms with Gasteiger partial charge in [0.2, 0.25) is 0 Å². The minimum Gasteiger partial charge on any atom is -0.491 e. The van der Waals surface area contributed by atoms with Crippen LogP contribution in [0.5, 0.6) is 11.6 Å². The molecule has 1 N–H and O–H groups in total. The molecule has 0 saturated heterocycles. The van der Waals surface area contributed by atoms with Gasteiger partial charge in [0.05, 0.1) is 19.0 Å². The predicted molar refractivity (Wildman–Crippen MR) is 110 cm³/mol. The van der Waals surface area contributed by atoms with Crippen molar-refractivity contribution in [3.63, 3.8) is 0 Å². The van der Waals surface area contributed by atoms with E-state index in [0.29, 0.717) is 11.8 Å². The SMILES string of the molecule is COc1cccn(-c2ccc(NC3CCCC3)nc2)c1=O.FC(F)Oc1cn[c-]cn1.[Na+]. The summed E-state index contributed by atoms with van der Waals surface area (Å²) in [6.07, 6.45) is 12.9. The molecule has 164 valence electrons. The molecule has 3 heterocycles. The topological polar surface area (TPSA) is 91.2 Å². The van der Waals surface area contributed by atoms with Crippen LogP contribution < -0.4 is 49.9 Å². The first-order valence-corrected chi connectivity index (χ1v) is 9.68. The molecule has 3 aromatic heterocycles. The van der Waals surface area contributed by atoms with Crippen molar-refractivity contribution in [3.8, 4) is 17.3 Å². The summed E-state index contributed by atoms with van der Waals surface area (Å²) in [4.78, 5) is 23.4. The van der Waals surface area contributed by atoms with E-state index in [9.17, 15) is 13.6 Å². The molecule has 0 radical (unpaired) electrons. The molecular formula is C21H22F2N5NaO3. The van der Waals surface area contributed by atoms with Gasteiger partial charge >= 0.3 is 36.2 Å². The molecule has 0 atom stereocenters. The number of nitrogens with zero attached hydrogens (tertiary/aromatic N) is 4. The molecule has 0 aromatic carbocycles. The number of nitrogens with one attached hydrogen (secondary N) is 1. The third kappa shape index (κ3) is 7.54. The Morgan fingerprint density at radius 2 is 1.97 bits per heavy atom. The largest absolute Gasteiger partial charge is 1.00 e. The van der Waals surface area contributed by atoms with E-state index in [0.717, 1.165) is 23.9 Å². The number of rotatable bonds is 6. The van der Waals surface area contributed by atoms with Crippen molar-refractivity contribution in [1.29, 1.82) is 0 Å². The second kappa shape index (κ2) is 13.1. The fourth-order valence-electron chi connectivity index (χ4n) is 3.13. The normalized spacial score (nSPS) is 13.0. The number of ether oxygens (including phenoxy) is 2. The summed E-state index contributed by atoms with van der Waals surface area (Å²) in [5.41, 5.74) is 0.550. The Bertz CT molecular complexity index is 1000. The Hall–Kier alpha value is -2.56. The summed E-state index contributed by atoms with van der Waals surface area (Å²) in [6.45, 7) is -2.85. The van der Waals surface area contributed by atoms with Crippen molar-refractivity contribution in [2.45, 2.75) is 38.3 Å². The van der Waals surface area contributed by atoms with Gasteiger partial charge in [0.1, 0.15) is 5.82 Å². The Morgan fingerprint density at radius 3 is 2.56 bits per heavy atom. The average molecular weight is 453 g/mol. The van der Waals surface area contributed by atoms with Gasteiger partial charge < -0.3 is 19.8 Å². The molecule has 0 unspecified atom stereocenters. The molecular weight excluding hydrogens is 431 g/mol. The van der Waals surface area contributed by atoms with Crippen molar-refractivity contribution in [3.05, 3.63) is 65.6 Å². The van der Waals surface area contributed by atoms with Crippen LogP contribution >= 0.6 is 0 Å². The average Bonchev–Trinajstić information content (AvgIpc) is 3.28. The van der Waals surface area contributed by atoms with E-state index in [1.165, 1.54) is 37.4 Å². The Morgan fingerprint density at radius 1 is 1.19 bits per heavy atom. The van der Waals surface area contributed by atoms with Gasteiger partial charge in [0.25, 0.3) is 5.56 Å². The van der Waals surface area contributed by atoms with E-state index in [1.54, 1.807) is 24.5 Å². The third-order valence-corrected chi connectivity index (χ3v) is 4.57. The van der Waals surface area contributed by atoms with Crippen molar-refractivity contribution in [2.24, 2.45) is 0 Å². The first-order valence-electron chi connectivity index (χ1n) is 9.68. The molecule has 3 aromatic rings. The molecule has 0 spiro atoms. The molecule has 11 heteroatoms. The van der Waals surface area contributed by atoms with Gasteiger partial charge in [-0.1, -0.05) is 19.0 Å². The number of pyridine rings is 2. The molecule has 1 aliphatic rings. The zero-order valence-corrected chi connectivity index (χ0v) is 19.9. The summed E-state index contributed by atoms with van der Waals surface area (Å²) in [7, 11) is 1.49. The van der Waals surface area contributed by atoms with Gasteiger partial charge in [0.15, 0.2) is 11.6 Å². The molecule has 1 saturated carbocycles. The van der Waals surface area contributed by atoms with E-state index >= 15 is 0 Å². The molecule has 32 heavy (non-hydrogen) atoms. The predicted octanol–water partition coefficient (Wildman–Crippen LogP) is 0.478. The second-order valence-corrected chi connectivity index (χ2v) is 6.64. The first kappa shape index (κ1) is 25.7. The van der Waals surface area contributed by atoms with E-state index in [1.807, 2.05) is 12.1 Å². The maximum atomic E-state index is 12.2. The number of hydrogen-bond donors (Lipinski definition) is 1. The standard InChI is InChI=1S/C16H19N3O2.C5H3F2N2O.Na/c1-21-14-7-4-10-19(16(14)20)13-8-9-15(17-11-13)18-12-5-2-3-6-12;6-5(7)10-4-3-8-1-2-9-4;/h4,7-12H,2-3,5-6H2,1H3,(H,17,18);2-3,5H;/q;-1;+1. The Balaban J connectivity index is 0.000000280. The van der Waals surface area contributed by atoms with Gasteiger partial charge in [-0.05, 0) is 43.3 Å². The fourth-order valence-corrected chi connectivity index (χ4v) is 3.13.